The fraction of sp³-hybridized carbons (Fsp3) is 0.500. The molecular weight excluding hydrogens is 291 g/mol. The third-order valence-corrected chi connectivity index (χ3v) is 3.35. The van der Waals surface area contributed by atoms with E-state index in [2.05, 4.69) is 5.32 Å². The van der Waals surface area contributed by atoms with E-state index in [4.69, 9.17) is 27.9 Å². The van der Waals surface area contributed by atoms with Crippen molar-refractivity contribution >= 4 is 29.1 Å². The highest BCUT2D eigenvalue weighted by Crippen LogP contribution is 2.12. The molecule has 1 aliphatic heterocycles. The van der Waals surface area contributed by atoms with E-state index in [1.807, 2.05) is 0 Å². The SMILES string of the molecule is O=C(Cn1cc(Cl)cc(Cl)c1=O)NCC1CCCO1. The van der Waals surface area contributed by atoms with Crippen LogP contribution in [0.2, 0.25) is 10.0 Å². The fourth-order valence-corrected chi connectivity index (χ4v) is 2.43. The van der Waals surface area contributed by atoms with Gasteiger partial charge in [-0.25, -0.2) is 0 Å². The average Bonchev–Trinajstić information content (AvgIpc) is 2.86. The normalized spacial score (nSPS) is 18.5. The van der Waals surface area contributed by atoms with Crippen LogP contribution in [0.25, 0.3) is 0 Å². The minimum Gasteiger partial charge on any atom is -0.376 e. The molecule has 2 rings (SSSR count). The van der Waals surface area contributed by atoms with Gasteiger partial charge in [-0.1, -0.05) is 23.2 Å². The molecule has 1 saturated heterocycles. The van der Waals surface area contributed by atoms with Crippen molar-refractivity contribution in [3.05, 3.63) is 32.7 Å². The first-order valence-corrected chi connectivity index (χ1v) is 6.75. The molecule has 19 heavy (non-hydrogen) atoms. The summed E-state index contributed by atoms with van der Waals surface area (Å²) in [4.78, 5) is 23.4. The molecule has 0 bridgehead atoms. The number of aromatic nitrogens is 1. The molecule has 104 valence electrons. The summed E-state index contributed by atoms with van der Waals surface area (Å²) in [6.45, 7) is 1.09. The molecule has 0 saturated carbocycles. The Labute approximate surface area is 120 Å². The molecule has 0 radical (unpaired) electrons. The van der Waals surface area contributed by atoms with E-state index in [0.717, 1.165) is 19.4 Å². The molecule has 1 aliphatic rings. The lowest BCUT2D eigenvalue weighted by Gasteiger charge is -2.11. The minimum absolute atomic E-state index is 0.000531. The van der Waals surface area contributed by atoms with Crippen LogP contribution in [-0.4, -0.2) is 29.7 Å². The van der Waals surface area contributed by atoms with Crippen molar-refractivity contribution in [2.24, 2.45) is 0 Å². The second kappa shape index (κ2) is 6.41. The lowest BCUT2D eigenvalue weighted by Crippen LogP contribution is -2.36. The Hall–Kier alpha value is -1.04. The number of hydrogen-bond donors (Lipinski definition) is 1. The second-order valence-electron chi connectivity index (χ2n) is 4.38. The molecular formula is C12H14Cl2N2O3. The number of halogens is 2. The summed E-state index contributed by atoms with van der Waals surface area (Å²) in [7, 11) is 0. The van der Waals surface area contributed by atoms with Crippen molar-refractivity contribution in [1.29, 1.82) is 0 Å². The molecule has 7 heteroatoms. The maximum atomic E-state index is 11.7. The molecule has 1 aromatic rings. The maximum absolute atomic E-state index is 11.7. The van der Waals surface area contributed by atoms with E-state index in [1.54, 1.807) is 0 Å². The van der Waals surface area contributed by atoms with Crippen molar-refractivity contribution in [1.82, 2.24) is 9.88 Å². The number of nitrogens with zero attached hydrogens (tertiary/aromatic N) is 1. The van der Waals surface area contributed by atoms with Gasteiger partial charge in [0.15, 0.2) is 0 Å². The van der Waals surface area contributed by atoms with Crippen LogP contribution in [0.4, 0.5) is 0 Å². The van der Waals surface area contributed by atoms with E-state index >= 15 is 0 Å². The number of amides is 1. The van der Waals surface area contributed by atoms with Gasteiger partial charge in [0.2, 0.25) is 5.91 Å². The zero-order chi connectivity index (χ0) is 13.8. The van der Waals surface area contributed by atoms with Crippen LogP contribution in [0, 0.1) is 0 Å². The smallest absolute Gasteiger partial charge is 0.269 e. The zero-order valence-electron chi connectivity index (χ0n) is 10.2. The number of carbonyl (C=O) groups excluding carboxylic acids is 1. The first-order valence-electron chi connectivity index (χ1n) is 6.00. The molecule has 0 aromatic carbocycles. The molecule has 1 N–H and O–H groups in total. The second-order valence-corrected chi connectivity index (χ2v) is 5.22. The molecule has 0 aliphatic carbocycles. The van der Waals surface area contributed by atoms with Gasteiger partial charge in [-0.3, -0.25) is 9.59 Å². The number of pyridine rings is 1. The zero-order valence-corrected chi connectivity index (χ0v) is 11.7. The first kappa shape index (κ1) is 14.4. The summed E-state index contributed by atoms with van der Waals surface area (Å²) in [5.41, 5.74) is -0.432. The Balaban J connectivity index is 1.93. The fourth-order valence-electron chi connectivity index (χ4n) is 1.93. The van der Waals surface area contributed by atoms with Crippen LogP contribution >= 0.6 is 23.2 Å². The van der Waals surface area contributed by atoms with Crippen LogP contribution < -0.4 is 10.9 Å². The molecule has 1 fully saturated rings. The van der Waals surface area contributed by atoms with E-state index in [9.17, 15) is 9.59 Å². The van der Waals surface area contributed by atoms with E-state index in [0.29, 0.717) is 11.6 Å². The van der Waals surface area contributed by atoms with Crippen LogP contribution in [0.15, 0.2) is 17.1 Å². The Kier molecular flexibility index (Phi) is 4.85. The predicted octanol–water partition coefficient (Wildman–Crippen LogP) is 1.45. The van der Waals surface area contributed by atoms with Crippen LogP contribution in [0.1, 0.15) is 12.8 Å². The summed E-state index contributed by atoms with van der Waals surface area (Å²) in [6.07, 6.45) is 3.43. The average molecular weight is 305 g/mol. The predicted molar refractivity (Wildman–Crippen MR) is 72.7 cm³/mol. The van der Waals surface area contributed by atoms with Gasteiger partial charge in [-0.05, 0) is 18.9 Å². The molecule has 1 aromatic heterocycles. The van der Waals surface area contributed by atoms with Gasteiger partial charge in [0.1, 0.15) is 11.6 Å². The summed E-state index contributed by atoms with van der Waals surface area (Å²) < 4.78 is 6.58. The van der Waals surface area contributed by atoms with Gasteiger partial charge in [-0.15, -0.1) is 0 Å². The van der Waals surface area contributed by atoms with Crippen LogP contribution in [-0.2, 0) is 16.1 Å². The van der Waals surface area contributed by atoms with Gasteiger partial charge in [0.25, 0.3) is 5.56 Å². The quantitative estimate of drug-likeness (QED) is 0.916. The van der Waals surface area contributed by atoms with Crippen molar-refractivity contribution in [2.75, 3.05) is 13.2 Å². The maximum Gasteiger partial charge on any atom is 0.269 e. The van der Waals surface area contributed by atoms with Crippen LogP contribution in [0.5, 0.6) is 0 Å². The van der Waals surface area contributed by atoms with E-state index in [1.165, 1.54) is 16.8 Å². The third kappa shape index (κ3) is 3.96. The standard InChI is InChI=1S/C12H14Cl2N2O3/c13-8-4-10(14)12(18)16(6-8)7-11(17)15-5-9-2-1-3-19-9/h4,6,9H,1-3,5,7H2,(H,15,17). The number of rotatable bonds is 4. The molecule has 1 atom stereocenters. The topological polar surface area (TPSA) is 60.3 Å². The Morgan fingerprint density at radius 3 is 3.00 bits per heavy atom. The highest BCUT2D eigenvalue weighted by atomic mass is 35.5. The molecule has 0 spiro atoms. The van der Waals surface area contributed by atoms with Gasteiger partial charge in [-0.2, -0.15) is 0 Å². The van der Waals surface area contributed by atoms with Gasteiger partial charge < -0.3 is 14.6 Å². The Bertz CT molecular complexity index is 524. The first-order chi connectivity index (χ1) is 9.06. The lowest BCUT2D eigenvalue weighted by molar-refractivity contribution is -0.122. The molecule has 5 nitrogen and oxygen atoms in total. The highest BCUT2D eigenvalue weighted by molar-refractivity contribution is 6.34. The van der Waals surface area contributed by atoms with Gasteiger partial charge in [0, 0.05) is 19.3 Å². The van der Waals surface area contributed by atoms with Gasteiger partial charge >= 0.3 is 0 Å². The third-order valence-electron chi connectivity index (χ3n) is 2.87. The molecule has 2 heterocycles. The number of hydrogen-bond acceptors (Lipinski definition) is 3. The number of nitrogens with one attached hydrogen (secondary N) is 1. The number of ether oxygens (including phenoxy) is 1. The largest absolute Gasteiger partial charge is 0.376 e. The van der Waals surface area contributed by atoms with Crippen LogP contribution in [0.3, 0.4) is 0 Å². The Morgan fingerprint density at radius 1 is 1.53 bits per heavy atom. The summed E-state index contributed by atoms with van der Waals surface area (Å²) in [5, 5.41) is 3.05. The monoisotopic (exact) mass is 304 g/mol. The van der Waals surface area contributed by atoms with E-state index in [-0.39, 0.29) is 23.6 Å². The summed E-state index contributed by atoms with van der Waals surface area (Å²) >= 11 is 11.5. The lowest BCUT2D eigenvalue weighted by atomic mass is 10.2. The number of carbonyl (C=O) groups is 1. The van der Waals surface area contributed by atoms with Crippen molar-refractivity contribution < 1.29 is 9.53 Å². The molecule has 1 amide bonds. The van der Waals surface area contributed by atoms with Crippen molar-refractivity contribution in [3.8, 4) is 0 Å². The summed E-state index contributed by atoms with van der Waals surface area (Å²) in [6, 6.07) is 1.35. The highest BCUT2D eigenvalue weighted by Gasteiger charge is 2.16. The van der Waals surface area contributed by atoms with E-state index < -0.39 is 5.56 Å². The Morgan fingerprint density at radius 2 is 2.32 bits per heavy atom. The minimum atomic E-state index is -0.432. The van der Waals surface area contributed by atoms with Crippen molar-refractivity contribution in [3.63, 3.8) is 0 Å². The van der Waals surface area contributed by atoms with Crippen molar-refractivity contribution in [2.45, 2.75) is 25.5 Å². The molecule has 1 unspecified atom stereocenters. The van der Waals surface area contributed by atoms with Gasteiger partial charge in [0.05, 0.1) is 11.1 Å². The summed E-state index contributed by atoms with van der Waals surface area (Å²) in [5.74, 6) is -0.268.